The molecule has 3 rings (SSSR count). The number of halogens is 1. The van der Waals surface area contributed by atoms with E-state index in [1.807, 2.05) is 13.8 Å². The summed E-state index contributed by atoms with van der Waals surface area (Å²) in [5, 5.41) is 10.3. The molecule has 13 heteroatoms. The SMILES string of the molecule is CC(C)CC[C@H]1C=C(c2ccc(O)c(N3CC(=O)NS3(=O)=O)c2F)CN1C(=O)O[C@@H](C)OC(=O)C(C)C. The maximum atomic E-state index is 15.7. The number of nitrogens with zero attached hydrogens (tertiary/aromatic N) is 2. The summed E-state index contributed by atoms with van der Waals surface area (Å²) in [7, 11) is -4.37. The van der Waals surface area contributed by atoms with Crippen molar-refractivity contribution in [2.24, 2.45) is 11.8 Å². The van der Waals surface area contributed by atoms with Crippen molar-refractivity contribution in [3.8, 4) is 5.75 Å². The zero-order valence-corrected chi connectivity index (χ0v) is 22.2. The van der Waals surface area contributed by atoms with E-state index in [9.17, 15) is 27.9 Å². The minimum absolute atomic E-state index is 0.0357. The molecule has 0 spiro atoms. The standard InChI is InChI=1S/C24H32FN3O8S/c1-13(2)6-7-17-10-16(11-27(17)24(32)36-15(5)35-23(31)14(3)4)18-8-9-19(29)22(21(18)25)28-12-20(30)26-37(28,33)34/h8-10,13-15,17,29H,6-7,11-12H2,1-5H3,(H,26,30)/t15-,17-/m0/s1. The number of hydrogen-bond acceptors (Lipinski definition) is 8. The van der Waals surface area contributed by atoms with Crippen LogP contribution in [0.5, 0.6) is 5.75 Å². The van der Waals surface area contributed by atoms with E-state index in [-0.39, 0.29) is 12.1 Å². The second-order valence-electron chi connectivity index (χ2n) is 9.73. The van der Waals surface area contributed by atoms with Gasteiger partial charge in [-0.05, 0) is 36.5 Å². The number of nitrogens with one attached hydrogen (secondary N) is 1. The lowest BCUT2D eigenvalue weighted by Gasteiger charge is -2.26. The first-order valence-corrected chi connectivity index (χ1v) is 13.4. The Bertz CT molecular complexity index is 1210. The fourth-order valence-corrected chi connectivity index (χ4v) is 5.18. The van der Waals surface area contributed by atoms with Crippen LogP contribution in [-0.4, -0.2) is 61.8 Å². The van der Waals surface area contributed by atoms with E-state index in [1.165, 1.54) is 17.9 Å². The molecule has 0 aliphatic carbocycles. The van der Waals surface area contributed by atoms with E-state index in [1.54, 1.807) is 24.6 Å². The number of phenolic OH excluding ortho intramolecular Hbond substituents is 1. The zero-order chi connectivity index (χ0) is 27.7. The Morgan fingerprint density at radius 1 is 1.16 bits per heavy atom. The van der Waals surface area contributed by atoms with E-state index < -0.39 is 70.2 Å². The predicted molar refractivity (Wildman–Crippen MR) is 132 cm³/mol. The van der Waals surface area contributed by atoms with Gasteiger partial charge in [-0.1, -0.05) is 33.8 Å². The van der Waals surface area contributed by atoms with Crippen molar-refractivity contribution >= 4 is 39.4 Å². The topological polar surface area (TPSA) is 143 Å². The minimum Gasteiger partial charge on any atom is -0.506 e. The smallest absolute Gasteiger partial charge is 0.413 e. The summed E-state index contributed by atoms with van der Waals surface area (Å²) < 4.78 is 52.8. The molecule has 0 radical (unpaired) electrons. The van der Waals surface area contributed by atoms with Crippen LogP contribution in [0.15, 0.2) is 18.2 Å². The molecule has 11 nitrogen and oxygen atoms in total. The van der Waals surface area contributed by atoms with Gasteiger partial charge in [-0.25, -0.2) is 18.2 Å². The quantitative estimate of drug-likeness (QED) is 0.378. The van der Waals surface area contributed by atoms with E-state index in [0.29, 0.717) is 22.2 Å². The van der Waals surface area contributed by atoms with Crippen LogP contribution in [0.4, 0.5) is 14.9 Å². The lowest BCUT2D eigenvalue weighted by Crippen LogP contribution is -2.39. The Hall–Kier alpha value is -3.35. The van der Waals surface area contributed by atoms with Gasteiger partial charge in [0.15, 0.2) is 5.82 Å². The molecule has 2 aliphatic rings. The summed E-state index contributed by atoms with van der Waals surface area (Å²) in [6.45, 7) is 8.00. The Morgan fingerprint density at radius 2 is 1.84 bits per heavy atom. The zero-order valence-electron chi connectivity index (χ0n) is 21.4. The Labute approximate surface area is 215 Å². The number of carbonyl (C=O) groups excluding carboxylic acids is 3. The molecule has 2 atom stereocenters. The van der Waals surface area contributed by atoms with Crippen molar-refractivity contribution in [2.75, 3.05) is 17.4 Å². The van der Waals surface area contributed by atoms with Crippen LogP contribution in [0.25, 0.3) is 5.57 Å². The Balaban J connectivity index is 1.90. The van der Waals surface area contributed by atoms with Crippen LogP contribution < -0.4 is 9.03 Å². The maximum Gasteiger partial charge on any atom is 0.413 e. The van der Waals surface area contributed by atoms with E-state index in [4.69, 9.17) is 9.47 Å². The average molecular weight is 542 g/mol. The van der Waals surface area contributed by atoms with Gasteiger partial charge < -0.3 is 14.6 Å². The van der Waals surface area contributed by atoms with Crippen LogP contribution in [0.1, 0.15) is 53.0 Å². The molecule has 0 aromatic heterocycles. The van der Waals surface area contributed by atoms with Gasteiger partial charge in [-0.15, -0.1) is 0 Å². The molecule has 1 saturated heterocycles. The van der Waals surface area contributed by atoms with Gasteiger partial charge in [0, 0.05) is 12.5 Å². The number of rotatable bonds is 8. The number of aromatic hydroxyl groups is 1. The summed E-state index contributed by atoms with van der Waals surface area (Å²) in [5.41, 5.74) is -0.329. The normalized spacial score (nSPS) is 19.7. The van der Waals surface area contributed by atoms with Crippen molar-refractivity contribution in [3.63, 3.8) is 0 Å². The summed E-state index contributed by atoms with van der Waals surface area (Å²) in [4.78, 5) is 37.8. The molecule has 2 aliphatic heterocycles. The highest BCUT2D eigenvalue weighted by atomic mass is 32.2. The molecular formula is C24H32FN3O8S. The third kappa shape index (κ3) is 6.32. The number of esters is 1. The van der Waals surface area contributed by atoms with Crippen LogP contribution in [0.2, 0.25) is 0 Å². The second-order valence-corrected chi connectivity index (χ2v) is 11.3. The first kappa shape index (κ1) is 28.2. The fourth-order valence-electron chi connectivity index (χ4n) is 4.01. The summed E-state index contributed by atoms with van der Waals surface area (Å²) >= 11 is 0. The number of anilines is 1. The van der Waals surface area contributed by atoms with Gasteiger partial charge in [0.2, 0.25) is 6.29 Å². The summed E-state index contributed by atoms with van der Waals surface area (Å²) in [5.74, 6) is -3.18. The molecule has 0 bridgehead atoms. The monoisotopic (exact) mass is 541 g/mol. The molecular weight excluding hydrogens is 509 g/mol. The highest BCUT2D eigenvalue weighted by Gasteiger charge is 2.39. The third-order valence-corrected chi connectivity index (χ3v) is 7.32. The maximum absolute atomic E-state index is 15.7. The molecule has 37 heavy (non-hydrogen) atoms. The van der Waals surface area contributed by atoms with E-state index >= 15 is 4.39 Å². The van der Waals surface area contributed by atoms with Crippen molar-refractivity contribution < 1.29 is 41.8 Å². The van der Waals surface area contributed by atoms with Crippen LogP contribution in [0, 0.1) is 17.7 Å². The van der Waals surface area contributed by atoms with Crippen molar-refractivity contribution in [1.82, 2.24) is 9.62 Å². The fraction of sp³-hybridized carbons (Fsp3) is 0.542. The Morgan fingerprint density at radius 3 is 2.41 bits per heavy atom. The average Bonchev–Trinajstić information content (AvgIpc) is 3.31. The minimum atomic E-state index is -4.37. The highest BCUT2D eigenvalue weighted by Crippen LogP contribution is 2.39. The van der Waals surface area contributed by atoms with E-state index in [2.05, 4.69) is 0 Å². The third-order valence-electron chi connectivity index (χ3n) is 5.94. The van der Waals surface area contributed by atoms with Gasteiger partial charge in [0.25, 0.3) is 5.91 Å². The van der Waals surface area contributed by atoms with E-state index in [0.717, 1.165) is 12.5 Å². The highest BCUT2D eigenvalue weighted by molar-refractivity contribution is 7.92. The molecule has 2 heterocycles. The Kier molecular flexibility index (Phi) is 8.35. The van der Waals surface area contributed by atoms with Crippen molar-refractivity contribution in [1.29, 1.82) is 0 Å². The largest absolute Gasteiger partial charge is 0.506 e. The van der Waals surface area contributed by atoms with Gasteiger partial charge in [0.1, 0.15) is 18.0 Å². The second kappa shape index (κ2) is 11.0. The number of amides is 2. The van der Waals surface area contributed by atoms with Gasteiger partial charge >= 0.3 is 22.3 Å². The number of benzene rings is 1. The van der Waals surface area contributed by atoms with Crippen LogP contribution >= 0.6 is 0 Å². The first-order chi connectivity index (χ1) is 17.2. The molecule has 1 aromatic rings. The van der Waals surface area contributed by atoms with Crippen LogP contribution in [-0.2, 0) is 29.3 Å². The summed E-state index contributed by atoms with van der Waals surface area (Å²) in [6.07, 6.45) is 1.08. The van der Waals surface area contributed by atoms with Crippen molar-refractivity contribution in [2.45, 2.75) is 59.8 Å². The lowest BCUT2D eigenvalue weighted by atomic mass is 10.0. The number of phenols is 1. The molecule has 0 unspecified atom stereocenters. The lowest BCUT2D eigenvalue weighted by molar-refractivity contribution is -0.169. The first-order valence-electron chi connectivity index (χ1n) is 11.9. The van der Waals surface area contributed by atoms with Gasteiger partial charge in [-0.3, -0.25) is 14.5 Å². The molecule has 2 N–H and O–H groups in total. The molecule has 204 valence electrons. The van der Waals surface area contributed by atoms with Crippen molar-refractivity contribution in [3.05, 3.63) is 29.6 Å². The summed E-state index contributed by atoms with van der Waals surface area (Å²) in [6, 6.07) is 1.94. The molecule has 1 fully saturated rings. The number of carbonyl (C=O) groups is 3. The number of ether oxygens (including phenoxy) is 2. The number of hydrogen-bond donors (Lipinski definition) is 2. The molecule has 0 saturated carbocycles. The van der Waals surface area contributed by atoms with Gasteiger partial charge in [-0.2, -0.15) is 8.42 Å². The van der Waals surface area contributed by atoms with Gasteiger partial charge in [0.05, 0.1) is 18.5 Å². The van der Waals surface area contributed by atoms with Crippen LogP contribution in [0.3, 0.4) is 0 Å². The predicted octanol–water partition coefficient (Wildman–Crippen LogP) is 2.90. The molecule has 2 amide bonds. The molecule has 1 aromatic carbocycles.